The van der Waals surface area contributed by atoms with Crippen LogP contribution in [-0.2, 0) is 4.79 Å². The molecule has 0 atom stereocenters. The van der Waals surface area contributed by atoms with Crippen LogP contribution in [0.15, 0.2) is 41.9 Å². The summed E-state index contributed by atoms with van der Waals surface area (Å²) < 4.78 is 0. The number of anilines is 1. The van der Waals surface area contributed by atoms with E-state index in [0.29, 0.717) is 13.0 Å². The van der Waals surface area contributed by atoms with Gasteiger partial charge in [0.15, 0.2) is 0 Å². The molecular formula is C13H14N2O. The number of hydrogen-bond donors (Lipinski definition) is 0. The van der Waals surface area contributed by atoms with E-state index in [9.17, 15) is 4.79 Å². The Morgan fingerprint density at radius 2 is 2.25 bits per heavy atom. The van der Waals surface area contributed by atoms with Crippen molar-refractivity contribution in [1.82, 2.24) is 0 Å². The molecule has 3 nitrogen and oxygen atoms in total. The van der Waals surface area contributed by atoms with Gasteiger partial charge in [0.05, 0.1) is 17.8 Å². The van der Waals surface area contributed by atoms with Gasteiger partial charge in [-0.1, -0.05) is 18.2 Å². The highest BCUT2D eigenvalue weighted by molar-refractivity contribution is 6.11. The fourth-order valence-corrected chi connectivity index (χ4v) is 1.81. The number of amides is 1. The van der Waals surface area contributed by atoms with E-state index in [1.165, 1.54) is 0 Å². The number of hydrogen-bond acceptors (Lipinski definition) is 2. The van der Waals surface area contributed by atoms with E-state index in [4.69, 9.17) is 0 Å². The number of nitrogens with zero attached hydrogens (tertiary/aromatic N) is 2. The minimum absolute atomic E-state index is 0.0751. The summed E-state index contributed by atoms with van der Waals surface area (Å²) in [6, 6.07) is 7.68. The Hall–Kier alpha value is -1.90. The quantitative estimate of drug-likeness (QED) is 0.697. The zero-order chi connectivity index (χ0) is 11.5. The van der Waals surface area contributed by atoms with E-state index >= 15 is 0 Å². The molecule has 0 bridgehead atoms. The van der Waals surface area contributed by atoms with Crippen molar-refractivity contribution < 1.29 is 4.79 Å². The third kappa shape index (κ3) is 1.89. The maximum Gasteiger partial charge on any atom is 0.233 e. The van der Waals surface area contributed by atoms with Gasteiger partial charge in [-0.05, 0) is 19.1 Å². The third-order valence-corrected chi connectivity index (χ3v) is 2.50. The van der Waals surface area contributed by atoms with Crippen LogP contribution in [0.5, 0.6) is 0 Å². The molecule has 0 fully saturated rings. The van der Waals surface area contributed by atoms with Gasteiger partial charge in [-0.15, -0.1) is 6.58 Å². The second-order valence-corrected chi connectivity index (χ2v) is 3.81. The van der Waals surface area contributed by atoms with Gasteiger partial charge >= 0.3 is 0 Å². The summed E-state index contributed by atoms with van der Waals surface area (Å²) in [5, 5.41) is 0. The molecule has 0 saturated heterocycles. The van der Waals surface area contributed by atoms with Crippen molar-refractivity contribution in [2.75, 3.05) is 11.4 Å². The van der Waals surface area contributed by atoms with Crippen LogP contribution in [0.4, 0.5) is 11.4 Å². The molecule has 0 N–H and O–H groups in total. The Morgan fingerprint density at radius 1 is 1.50 bits per heavy atom. The monoisotopic (exact) mass is 214 g/mol. The first-order valence-corrected chi connectivity index (χ1v) is 5.27. The number of fused-ring (bicyclic) bond motifs is 1. The smallest absolute Gasteiger partial charge is 0.233 e. The number of rotatable bonds is 2. The lowest BCUT2D eigenvalue weighted by molar-refractivity contribution is -0.117. The first-order chi connectivity index (χ1) is 7.72. The summed E-state index contributed by atoms with van der Waals surface area (Å²) >= 11 is 0. The topological polar surface area (TPSA) is 32.7 Å². The average Bonchev–Trinajstić information content (AvgIpc) is 2.37. The number of benzene rings is 1. The third-order valence-electron chi connectivity index (χ3n) is 2.50. The van der Waals surface area contributed by atoms with Gasteiger partial charge in [0.2, 0.25) is 5.91 Å². The van der Waals surface area contributed by atoms with Crippen molar-refractivity contribution in [1.29, 1.82) is 0 Å². The largest absolute Gasteiger partial charge is 0.306 e. The molecule has 2 rings (SSSR count). The fourth-order valence-electron chi connectivity index (χ4n) is 1.81. The van der Waals surface area contributed by atoms with Gasteiger partial charge in [-0.3, -0.25) is 9.79 Å². The molecule has 82 valence electrons. The minimum Gasteiger partial charge on any atom is -0.306 e. The highest BCUT2D eigenvalue weighted by atomic mass is 16.2. The Labute approximate surface area is 95.1 Å². The lowest BCUT2D eigenvalue weighted by atomic mass is 10.2. The normalized spacial score (nSPS) is 15.2. The molecule has 1 aromatic rings. The zero-order valence-electron chi connectivity index (χ0n) is 9.31. The van der Waals surface area contributed by atoms with E-state index in [0.717, 1.165) is 17.1 Å². The van der Waals surface area contributed by atoms with Gasteiger partial charge in [0.1, 0.15) is 0 Å². The molecule has 0 spiro atoms. The van der Waals surface area contributed by atoms with Crippen molar-refractivity contribution in [3.63, 3.8) is 0 Å². The lowest BCUT2D eigenvalue weighted by Crippen LogP contribution is -2.31. The highest BCUT2D eigenvalue weighted by Crippen LogP contribution is 2.31. The number of carbonyl (C=O) groups excluding carboxylic acids is 1. The van der Waals surface area contributed by atoms with Crippen LogP contribution >= 0.6 is 0 Å². The molecule has 1 amide bonds. The van der Waals surface area contributed by atoms with E-state index in [-0.39, 0.29) is 5.91 Å². The van der Waals surface area contributed by atoms with Crippen LogP contribution in [-0.4, -0.2) is 18.2 Å². The van der Waals surface area contributed by atoms with Gasteiger partial charge in [0, 0.05) is 12.3 Å². The van der Waals surface area contributed by atoms with E-state index in [1.807, 2.05) is 31.2 Å². The SMILES string of the molecule is C=CCN1C(=O)CC(C)=Nc2ccccc21. The Kier molecular flexibility index (Phi) is 2.86. The summed E-state index contributed by atoms with van der Waals surface area (Å²) in [4.78, 5) is 18.1. The highest BCUT2D eigenvalue weighted by Gasteiger charge is 2.20. The fraction of sp³-hybridized carbons (Fsp3) is 0.231. The molecular weight excluding hydrogens is 200 g/mol. The predicted molar refractivity (Wildman–Crippen MR) is 66.4 cm³/mol. The number of para-hydroxylation sites is 2. The molecule has 1 aliphatic rings. The van der Waals surface area contributed by atoms with Crippen LogP contribution in [0.3, 0.4) is 0 Å². The van der Waals surface area contributed by atoms with E-state index < -0.39 is 0 Å². The van der Waals surface area contributed by atoms with Crippen LogP contribution in [0.1, 0.15) is 13.3 Å². The molecule has 1 aromatic carbocycles. The van der Waals surface area contributed by atoms with Gasteiger partial charge < -0.3 is 4.90 Å². The summed E-state index contributed by atoms with van der Waals surface area (Å²) in [6.07, 6.45) is 2.11. The maximum atomic E-state index is 12.0. The van der Waals surface area contributed by atoms with E-state index in [2.05, 4.69) is 11.6 Å². The Morgan fingerprint density at radius 3 is 3.00 bits per heavy atom. The first kappa shape index (κ1) is 10.6. The zero-order valence-corrected chi connectivity index (χ0v) is 9.31. The predicted octanol–water partition coefficient (Wildman–Crippen LogP) is 2.70. The molecule has 0 radical (unpaired) electrons. The standard InChI is InChI=1S/C13H14N2O/c1-3-8-15-12-7-5-4-6-11(12)14-10(2)9-13(15)16/h3-7H,1,8-9H2,2H3. The molecule has 0 aliphatic carbocycles. The summed E-state index contributed by atoms with van der Waals surface area (Å²) in [6.45, 7) is 6.09. The van der Waals surface area contributed by atoms with Gasteiger partial charge in [0.25, 0.3) is 0 Å². The second kappa shape index (κ2) is 4.31. The van der Waals surface area contributed by atoms with Crippen molar-refractivity contribution in [2.45, 2.75) is 13.3 Å². The Bertz CT molecular complexity index is 463. The molecule has 0 saturated carbocycles. The lowest BCUT2D eigenvalue weighted by Gasteiger charge is -2.20. The molecule has 1 aliphatic heterocycles. The van der Waals surface area contributed by atoms with Crippen LogP contribution in [0, 0.1) is 0 Å². The van der Waals surface area contributed by atoms with Crippen molar-refractivity contribution in [3.05, 3.63) is 36.9 Å². The molecule has 16 heavy (non-hydrogen) atoms. The average molecular weight is 214 g/mol. The second-order valence-electron chi connectivity index (χ2n) is 3.81. The first-order valence-electron chi connectivity index (χ1n) is 5.27. The molecule has 0 unspecified atom stereocenters. The van der Waals surface area contributed by atoms with Crippen LogP contribution in [0.25, 0.3) is 0 Å². The number of carbonyl (C=O) groups is 1. The molecule has 3 heteroatoms. The Balaban J connectivity index is 2.52. The molecule has 1 heterocycles. The van der Waals surface area contributed by atoms with Crippen molar-refractivity contribution in [3.8, 4) is 0 Å². The van der Waals surface area contributed by atoms with Crippen molar-refractivity contribution >= 4 is 23.0 Å². The summed E-state index contributed by atoms with van der Waals surface area (Å²) in [7, 11) is 0. The minimum atomic E-state index is 0.0751. The van der Waals surface area contributed by atoms with Crippen molar-refractivity contribution in [2.24, 2.45) is 4.99 Å². The van der Waals surface area contributed by atoms with Crippen LogP contribution in [0.2, 0.25) is 0 Å². The molecule has 0 aromatic heterocycles. The number of aliphatic imine (C=N–C) groups is 1. The summed E-state index contributed by atoms with van der Waals surface area (Å²) in [5.41, 5.74) is 2.57. The summed E-state index contributed by atoms with van der Waals surface area (Å²) in [5.74, 6) is 0.0751. The maximum absolute atomic E-state index is 12.0. The van der Waals surface area contributed by atoms with Crippen LogP contribution < -0.4 is 4.90 Å². The van der Waals surface area contributed by atoms with Gasteiger partial charge in [-0.25, -0.2) is 0 Å². The van der Waals surface area contributed by atoms with E-state index in [1.54, 1.807) is 11.0 Å². The van der Waals surface area contributed by atoms with Gasteiger partial charge in [-0.2, -0.15) is 0 Å².